The van der Waals surface area contributed by atoms with Gasteiger partial charge < -0.3 is 74.1 Å². The first-order valence-corrected chi connectivity index (χ1v) is 27.6. The van der Waals surface area contributed by atoms with Crippen molar-refractivity contribution in [2.75, 3.05) is 37.8 Å². The first kappa shape index (κ1) is 59.6. The lowest BCUT2D eigenvalue weighted by molar-refractivity contribution is -0.347. The van der Waals surface area contributed by atoms with Crippen LogP contribution in [0.3, 0.4) is 0 Å². The van der Waals surface area contributed by atoms with Crippen molar-refractivity contribution < 1.29 is 85.6 Å². The Morgan fingerprint density at radius 1 is 0.941 bits per heavy atom. The normalized spacial score (nSPS) is 20.6. The Labute approximate surface area is 399 Å². The van der Waals surface area contributed by atoms with E-state index in [1.54, 1.807) is 0 Å². The van der Waals surface area contributed by atoms with E-state index in [9.17, 15) is 63.0 Å². The summed E-state index contributed by atoms with van der Waals surface area (Å²) in [6.45, 7) is 2.20. The Morgan fingerprint density at radius 3 is 2.26 bits per heavy atom. The van der Waals surface area contributed by atoms with Crippen molar-refractivity contribution in [1.29, 1.82) is 0 Å². The molecular weight excluding hydrogens is 979 g/mol. The van der Waals surface area contributed by atoms with Gasteiger partial charge in [0.15, 0.2) is 22.8 Å². The van der Waals surface area contributed by atoms with Crippen molar-refractivity contribution in [2.24, 2.45) is 5.41 Å². The lowest BCUT2D eigenvalue weighted by Gasteiger charge is -2.36. The van der Waals surface area contributed by atoms with E-state index in [0.717, 1.165) is 48.2 Å². The second kappa shape index (κ2) is 28.9. The SMILES string of the molecule is CCCCCCCCCC/C=C\CCC[C@H](O)CC(=O)SCCNC(=O)CCNC(=O)[C@H](O)C(C)(C)COP(=O)([O-])OP(=O)([O-])OC[C@H]1O[C@@H](n2cnc3c(N)ncnc32)[C@H](O)[C@@H]1OP(=O)([O-])[O-]. The van der Waals surface area contributed by atoms with Crippen molar-refractivity contribution in [3.63, 3.8) is 0 Å². The number of nitrogens with zero attached hydrogens (tertiary/aromatic N) is 4. The Bertz CT molecular complexity index is 2080. The highest BCUT2D eigenvalue weighted by Gasteiger charge is 2.47. The van der Waals surface area contributed by atoms with Gasteiger partial charge in [-0.25, -0.2) is 19.3 Å². The number of phosphoric ester groups is 3. The quantitative estimate of drug-likeness (QED) is 0.0325. The number of fused-ring (bicyclic) bond motifs is 1. The van der Waals surface area contributed by atoms with Gasteiger partial charge in [-0.3, -0.25) is 28.1 Å². The number of rotatable bonds is 34. The van der Waals surface area contributed by atoms with Crippen LogP contribution < -0.4 is 35.9 Å². The molecule has 0 saturated carbocycles. The van der Waals surface area contributed by atoms with E-state index < -0.39 is 90.7 Å². The fraction of sp³-hybridized carbons (Fsp3) is 0.744. The highest BCUT2D eigenvalue weighted by atomic mass is 32.2. The van der Waals surface area contributed by atoms with Crippen LogP contribution in [0.2, 0.25) is 0 Å². The first-order valence-electron chi connectivity index (χ1n) is 22.3. The molecule has 2 unspecified atom stereocenters. The molecule has 0 radical (unpaired) electrons. The van der Waals surface area contributed by atoms with Crippen molar-refractivity contribution in [3.8, 4) is 0 Å². The predicted octanol–water partition coefficient (Wildman–Crippen LogP) is 1.15. The fourth-order valence-corrected chi connectivity index (χ4v) is 10.2. The summed E-state index contributed by atoms with van der Waals surface area (Å²) in [5, 5.41) is 36.4. The third kappa shape index (κ3) is 21.7. The molecule has 68 heavy (non-hydrogen) atoms. The van der Waals surface area contributed by atoms with E-state index in [-0.39, 0.29) is 53.8 Å². The van der Waals surface area contributed by atoms with Gasteiger partial charge in [0, 0.05) is 37.1 Å². The van der Waals surface area contributed by atoms with E-state index in [1.807, 2.05) is 0 Å². The number of nitrogen functional groups attached to an aromatic ring is 1. The molecule has 8 atom stereocenters. The van der Waals surface area contributed by atoms with Crippen molar-refractivity contribution in [3.05, 3.63) is 24.8 Å². The first-order chi connectivity index (χ1) is 31.9. The molecule has 1 aliphatic heterocycles. The summed E-state index contributed by atoms with van der Waals surface area (Å²) in [7, 11) is -17.6. The molecule has 25 nitrogen and oxygen atoms in total. The number of hydrogen-bond donors (Lipinski definition) is 6. The second-order valence-electron chi connectivity index (χ2n) is 16.7. The molecule has 0 aromatic carbocycles. The Hall–Kier alpha value is -2.74. The van der Waals surface area contributed by atoms with Crippen LogP contribution in [0.5, 0.6) is 0 Å². The second-order valence-corrected chi connectivity index (χ2v) is 21.9. The molecule has 0 spiro atoms. The third-order valence-corrected chi connectivity index (χ3v) is 14.4. The van der Waals surface area contributed by atoms with Crippen LogP contribution in [-0.2, 0) is 50.7 Å². The van der Waals surface area contributed by atoms with Crippen LogP contribution >= 0.6 is 35.2 Å². The average Bonchev–Trinajstić information content (AvgIpc) is 3.82. The number of anilines is 1. The zero-order valence-corrected chi connectivity index (χ0v) is 41.8. The molecule has 7 N–H and O–H groups in total. The van der Waals surface area contributed by atoms with Gasteiger partial charge in [-0.15, -0.1) is 0 Å². The number of nitrogens with two attached hydrogens (primary N) is 1. The maximum Gasteiger partial charge on any atom is 0.274 e. The number of allylic oxidation sites excluding steroid dienone is 2. The lowest BCUT2D eigenvalue weighted by atomic mass is 9.87. The monoisotopic (exact) mass is 1040 g/mol. The number of ether oxygens (including phenoxy) is 1. The number of phosphoric acid groups is 3. The van der Waals surface area contributed by atoms with E-state index in [2.05, 4.69) is 62.5 Å². The maximum absolute atomic E-state index is 12.6. The molecule has 3 rings (SSSR count). The lowest BCUT2D eigenvalue weighted by Crippen LogP contribution is -2.46. The van der Waals surface area contributed by atoms with Crippen LogP contribution in [0.25, 0.3) is 11.2 Å². The minimum atomic E-state index is -5.93. The number of thioether (sulfide) groups is 1. The van der Waals surface area contributed by atoms with E-state index in [1.165, 1.54) is 65.2 Å². The molecule has 2 amide bonds. The third-order valence-electron chi connectivity index (χ3n) is 10.4. The molecule has 2 aromatic heterocycles. The number of hydrogen-bond acceptors (Lipinski definition) is 23. The van der Waals surface area contributed by atoms with Crippen LogP contribution in [0.15, 0.2) is 24.8 Å². The van der Waals surface area contributed by atoms with Crippen molar-refractivity contribution in [2.45, 2.75) is 147 Å². The van der Waals surface area contributed by atoms with Gasteiger partial charge in [0.2, 0.25) is 11.8 Å². The number of unbranched alkanes of at least 4 members (excludes halogenated alkanes) is 9. The van der Waals surface area contributed by atoms with E-state index in [0.29, 0.717) is 6.42 Å². The van der Waals surface area contributed by atoms with Crippen LogP contribution in [0, 0.1) is 5.41 Å². The number of aliphatic hydroxyl groups excluding tert-OH is 3. The molecular formula is C39H64N7O18P3S-4. The van der Waals surface area contributed by atoms with Gasteiger partial charge in [-0.1, -0.05) is 89.6 Å². The summed E-state index contributed by atoms with van der Waals surface area (Å²) in [5.41, 5.74) is 4.06. The van der Waals surface area contributed by atoms with Gasteiger partial charge in [0.05, 0.1) is 33.5 Å². The zero-order valence-electron chi connectivity index (χ0n) is 38.3. The fourth-order valence-electron chi connectivity index (χ4n) is 6.73. The Kier molecular flexibility index (Phi) is 25.4. The van der Waals surface area contributed by atoms with E-state index >= 15 is 0 Å². The van der Waals surface area contributed by atoms with Gasteiger partial charge in [-0.2, -0.15) is 0 Å². The Balaban J connectivity index is 1.32. The number of amides is 2. The summed E-state index contributed by atoms with van der Waals surface area (Å²) in [4.78, 5) is 96.9. The number of aromatic nitrogens is 4. The highest BCUT2D eigenvalue weighted by molar-refractivity contribution is 8.13. The summed E-state index contributed by atoms with van der Waals surface area (Å²) >= 11 is 0.975. The minimum Gasteiger partial charge on any atom is -0.790 e. The molecule has 29 heteroatoms. The number of carbonyl (C=O) groups excluding carboxylic acids is 3. The van der Waals surface area contributed by atoms with Gasteiger partial charge in [-0.05, 0) is 32.1 Å². The molecule has 0 bridgehead atoms. The minimum absolute atomic E-state index is 0.00698. The molecule has 1 saturated heterocycles. The van der Waals surface area contributed by atoms with Crippen molar-refractivity contribution in [1.82, 2.24) is 30.2 Å². The zero-order chi connectivity index (χ0) is 50.5. The topological polar surface area (TPSA) is 395 Å². The summed E-state index contributed by atoms with van der Waals surface area (Å²) in [6, 6.07) is 0. The van der Waals surface area contributed by atoms with Crippen LogP contribution in [0.1, 0.15) is 117 Å². The van der Waals surface area contributed by atoms with Gasteiger partial charge in [0.1, 0.15) is 36.3 Å². The molecule has 388 valence electrons. The molecule has 1 aliphatic rings. The predicted molar refractivity (Wildman–Crippen MR) is 239 cm³/mol. The average molecular weight is 1040 g/mol. The van der Waals surface area contributed by atoms with Gasteiger partial charge in [0.25, 0.3) is 15.6 Å². The molecule has 1 fully saturated rings. The number of imidazole rings is 1. The van der Waals surface area contributed by atoms with Crippen LogP contribution in [0.4, 0.5) is 5.82 Å². The Morgan fingerprint density at radius 2 is 1.59 bits per heavy atom. The largest absolute Gasteiger partial charge is 0.790 e. The number of aliphatic hydroxyl groups is 3. The number of carbonyl (C=O) groups is 3. The standard InChI is InChI=1S/C39H68N7O18P3S/c1-4-5-6-7-8-9-10-11-12-13-14-15-16-17-27(47)22-30(49)68-21-20-41-29(48)18-19-42-37(52)34(51)39(2,3)24-61-67(58,59)64-66(56,57)60-23-28-33(63-65(53,54)55)32(50)38(62-28)46-26-45-31-35(40)43-25-44-36(31)46/h13-14,25-28,32-34,38,47,50-51H,4-12,15-24H2,1-3H3,(H,41,48)(H,42,52)(H,56,57)(H,58,59)(H2,40,43,44)(H2,53,54,55)/p-4/b14-13-/t27-,28+,32+,33+,34-,38+/m0/s1. The maximum atomic E-state index is 12.6. The highest BCUT2D eigenvalue weighted by Crippen LogP contribution is 2.56. The molecule has 2 aromatic rings. The number of nitrogens with one attached hydrogen (secondary N) is 2. The molecule has 3 heterocycles. The van der Waals surface area contributed by atoms with Crippen molar-refractivity contribution >= 4 is 69.1 Å². The van der Waals surface area contributed by atoms with Gasteiger partial charge >= 0.3 is 0 Å². The summed E-state index contributed by atoms with van der Waals surface area (Å²) in [5.74, 6) is -1.35. The summed E-state index contributed by atoms with van der Waals surface area (Å²) in [6.07, 6.45) is 9.23. The molecule has 0 aliphatic carbocycles. The van der Waals surface area contributed by atoms with Crippen LogP contribution in [-0.4, -0.2) is 114 Å². The summed E-state index contributed by atoms with van der Waals surface area (Å²) < 4.78 is 60.8. The van der Waals surface area contributed by atoms with E-state index in [4.69, 9.17) is 10.5 Å². The smallest absolute Gasteiger partial charge is 0.274 e.